The molecular weight excluding hydrogens is 324 g/mol. The summed E-state index contributed by atoms with van der Waals surface area (Å²) in [7, 11) is 0. The second kappa shape index (κ2) is 6.60. The minimum Gasteiger partial charge on any atom is -0.332 e. The summed E-state index contributed by atoms with van der Waals surface area (Å²) in [5.41, 5.74) is 6.32. The molecule has 4 nitrogen and oxygen atoms in total. The molecular formula is C22H24N2O2. The lowest BCUT2D eigenvalue weighted by Crippen LogP contribution is -2.31. The molecule has 1 atom stereocenters. The molecule has 0 spiro atoms. The number of benzene rings is 2. The van der Waals surface area contributed by atoms with Crippen LogP contribution in [0.25, 0.3) is 0 Å². The number of likely N-dealkylation sites (tertiary alicyclic amines) is 1. The number of amides is 2. The van der Waals surface area contributed by atoms with Crippen LogP contribution in [0.4, 0.5) is 5.69 Å². The van der Waals surface area contributed by atoms with E-state index in [-0.39, 0.29) is 17.9 Å². The summed E-state index contributed by atoms with van der Waals surface area (Å²) in [5.74, 6) is 0.136. The van der Waals surface area contributed by atoms with Crippen LogP contribution in [0.15, 0.2) is 36.4 Å². The zero-order valence-electron chi connectivity index (χ0n) is 15.3. The van der Waals surface area contributed by atoms with Gasteiger partial charge in [0.15, 0.2) is 0 Å². The standard InChI is InChI=1S/C22H24N2O2/c1-14-10-15(2)12-18(11-14)20-4-3-9-24(20)22(26)17-5-7-19-16(13-17)6-8-21(25)23-19/h5,7,10-13,20H,3-4,6,8-9H2,1-2H3,(H,23,25). The van der Waals surface area contributed by atoms with Crippen molar-refractivity contribution in [1.82, 2.24) is 4.90 Å². The number of carbonyl (C=O) groups excluding carboxylic acids is 2. The van der Waals surface area contributed by atoms with Crippen LogP contribution in [0.5, 0.6) is 0 Å². The molecule has 2 aliphatic rings. The molecule has 26 heavy (non-hydrogen) atoms. The number of nitrogens with one attached hydrogen (secondary N) is 1. The molecule has 134 valence electrons. The van der Waals surface area contributed by atoms with Crippen LogP contribution in [0, 0.1) is 13.8 Å². The Bertz CT molecular complexity index is 867. The highest BCUT2D eigenvalue weighted by Gasteiger charge is 2.31. The molecule has 0 bridgehead atoms. The first kappa shape index (κ1) is 16.8. The number of fused-ring (bicyclic) bond motifs is 1. The van der Waals surface area contributed by atoms with Crippen molar-refractivity contribution in [3.8, 4) is 0 Å². The summed E-state index contributed by atoms with van der Waals surface area (Å²) in [5, 5.41) is 2.88. The largest absolute Gasteiger partial charge is 0.332 e. The van der Waals surface area contributed by atoms with Gasteiger partial charge in [-0.1, -0.05) is 29.3 Å². The number of anilines is 1. The van der Waals surface area contributed by atoms with E-state index in [4.69, 9.17) is 0 Å². The molecule has 4 rings (SSSR count). The molecule has 0 aromatic heterocycles. The Morgan fingerprint density at radius 1 is 1.08 bits per heavy atom. The topological polar surface area (TPSA) is 49.4 Å². The highest BCUT2D eigenvalue weighted by Crippen LogP contribution is 2.34. The second-order valence-electron chi connectivity index (χ2n) is 7.50. The van der Waals surface area contributed by atoms with Crippen molar-refractivity contribution in [3.05, 3.63) is 64.2 Å². The van der Waals surface area contributed by atoms with E-state index in [1.165, 1.54) is 16.7 Å². The average molecular weight is 348 g/mol. The molecule has 4 heteroatoms. The molecule has 1 unspecified atom stereocenters. The molecule has 0 saturated carbocycles. The van der Waals surface area contributed by atoms with Crippen LogP contribution < -0.4 is 5.32 Å². The summed E-state index contributed by atoms with van der Waals surface area (Å²) in [6.07, 6.45) is 3.22. The zero-order valence-corrected chi connectivity index (χ0v) is 15.3. The SMILES string of the molecule is Cc1cc(C)cc(C2CCCN2C(=O)c2ccc3c(c2)CCC(=O)N3)c1. The maximum atomic E-state index is 13.2. The first-order valence-corrected chi connectivity index (χ1v) is 9.33. The second-order valence-corrected chi connectivity index (χ2v) is 7.50. The lowest BCUT2D eigenvalue weighted by atomic mass is 9.98. The van der Waals surface area contributed by atoms with E-state index in [1.807, 2.05) is 23.1 Å². The van der Waals surface area contributed by atoms with Gasteiger partial charge in [0.2, 0.25) is 5.91 Å². The van der Waals surface area contributed by atoms with Gasteiger partial charge < -0.3 is 10.2 Å². The summed E-state index contributed by atoms with van der Waals surface area (Å²) in [6, 6.07) is 12.4. The Kier molecular flexibility index (Phi) is 4.27. The summed E-state index contributed by atoms with van der Waals surface area (Å²) in [6.45, 7) is 5.01. The zero-order chi connectivity index (χ0) is 18.3. The number of nitrogens with zero attached hydrogens (tertiary/aromatic N) is 1. The van der Waals surface area contributed by atoms with Gasteiger partial charge in [-0.05, 0) is 62.4 Å². The lowest BCUT2D eigenvalue weighted by Gasteiger charge is -2.26. The highest BCUT2D eigenvalue weighted by molar-refractivity contribution is 5.98. The Morgan fingerprint density at radius 2 is 1.85 bits per heavy atom. The van der Waals surface area contributed by atoms with Gasteiger partial charge in [-0.2, -0.15) is 0 Å². The molecule has 0 aliphatic carbocycles. The number of hydrogen-bond donors (Lipinski definition) is 1. The fraction of sp³-hybridized carbons (Fsp3) is 0.364. The Labute approximate surface area is 154 Å². The van der Waals surface area contributed by atoms with Crippen molar-refractivity contribution in [3.63, 3.8) is 0 Å². The predicted molar refractivity (Wildman–Crippen MR) is 102 cm³/mol. The predicted octanol–water partition coefficient (Wildman–Crippen LogP) is 4.17. The van der Waals surface area contributed by atoms with Crippen molar-refractivity contribution < 1.29 is 9.59 Å². The Morgan fingerprint density at radius 3 is 2.62 bits per heavy atom. The molecule has 2 aromatic rings. The highest BCUT2D eigenvalue weighted by atomic mass is 16.2. The van der Waals surface area contributed by atoms with Crippen LogP contribution in [-0.4, -0.2) is 23.3 Å². The summed E-state index contributed by atoms with van der Waals surface area (Å²) < 4.78 is 0. The molecule has 2 aliphatic heterocycles. The van der Waals surface area contributed by atoms with E-state index in [1.54, 1.807) is 0 Å². The third-order valence-electron chi connectivity index (χ3n) is 5.39. The first-order chi connectivity index (χ1) is 12.5. The van der Waals surface area contributed by atoms with E-state index in [2.05, 4.69) is 37.4 Å². The van der Waals surface area contributed by atoms with Gasteiger partial charge in [0.25, 0.3) is 5.91 Å². The van der Waals surface area contributed by atoms with Crippen molar-refractivity contribution in [2.24, 2.45) is 0 Å². The molecule has 1 saturated heterocycles. The van der Waals surface area contributed by atoms with Crippen molar-refractivity contribution in [1.29, 1.82) is 0 Å². The van der Waals surface area contributed by atoms with Gasteiger partial charge in [0.05, 0.1) is 6.04 Å². The number of rotatable bonds is 2. The molecule has 2 aromatic carbocycles. The van der Waals surface area contributed by atoms with E-state index < -0.39 is 0 Å². The van der Waals surface area contributed by atoms with E-state index in [9.17, 15) is 9.59 Å². The fourth-order valence-electron chi connectivity index (χ4n) is 4.24. The molecule has 2 heterocycles. The van der Waals surface area contributed by atoms with Gasteiger partial charge in [-0.3, -0.25) is 9.59 Å². The fourth-order valence-corrected chi connectivity index (χ4v) is 4.24. The van der Waals surface area contributed by atoms with Crippen LogP contribution in [-0.2, 0) is 11.2 Å². The van der Waals surface area contributed by atoms with Crippen LogP contribution in [0.3, 0.4) is 0 Å². The average Bonchev–Trinajstić information content (AvgIpc) is 3.09. The van der Waals surface area contributed by atoms with Gasteiger partial charge in [-0.15, -0.1) is 0 Å². The van der Waals surface area contributed by atoms with Crippen LogP contribution in [0.1, 0.15) is 57.9 Å². The Hall–Kier alpha value is -2.62. The smallest absolute Gasteiger partial charge is 0.254 e. The van der Waals surface area contributed by atoms with Crippen molar-refractivity contribution in [2.75, 3.05) is 11.9 Å². The summed E-state index contributed by atoms with van der Waals surface area (Å²) in [4.78, 5) is 26.7. The third kappa shape index (κ3) is 3.12. The lowest BCUT2D eigenvalue weighted by molar-refractivity contribution is -0.116. The minimum atomic E-state index is 0.0472. The van der Waals surface area contributed by atoms with Crippen LogP contribution in [0.2, 0.25) is 0 Å². The number of hydrogen-bond acceptors (Lipinski definition) is 2. The molecule has 0 radical (unpaired) electrons. The van der Waals surface area contributed by atoms with Gasteiger partial charge >= 0.3 is 0 Å². The normalized spacial score (nSPS) is 19.2. The number of carbonyl (C=O) groups is 2. The molecule has 2 amide bonds. The minimum absolute atomic E-state index is 0.0472. The number of aryl methyl sites for hydroxylation is 3. The first-order valence-electron chi connectivity index (χ1n) is 9.33. The third-order valence-corrected chi connectivity index (χ3v) is 5.39. The van der Waals surface area contributed by atoms with Gasteiger partial charge in [0.1, 0.15) is 0 Å². The Balaban J connectivity index is 1.62. The molecule has 1 fully saturated rings. The van der Waals surface area contributed by atoms with E-state index in [0.29, 0.717) is 12.8 Å². The maximum Gasteiger partial charge on any atom is 0.254 e. The van der Waals surface area contributed by atoms with Crippen molar-refractivity contribution >= 4 is 17.5 Å². The van der Waals surface area contributed by atoms with Crippen LogP contribution >= 0.6 is 0 Å². The van der Waals surface area contributed by atoms with E-state index >= 15 is 0 Å². The monoisotopic (exact) mass is 348 g/mol. The van der Waals surface area contributed by atoms with Gasteiger partial charge in [0, 0.05) is 24.2 Å². The van der Waals surface area contributed by atoms with Crippen molar-refractivity contribution in [2.45, 2.75) is 45.6 Å². The van der Waals surface area contributed by atoms with Gasteiger partial charge in [-0.25, -0.2) is 0 Å². The summed E-state index contributed by atoms with van der Waals surface area (Å²) >= 11 is 0. The maximum absolute atomic E-state index is 13.2. The molecule has 1 N–H and O–H groups in total. The van der Waals surface area contributed by atoms with E-state index in [0.717, 1.165) is 36.2 Å². The quantitative estimate of drug-likeness (QED) is 0.886.